The maximum absolute atomic E-state index is 9.29. The average Bonchev–Trinajstić information content (AvgIpc) is 2.53. The highest BCUT2D eigenvalue weighted by molar-refractivity contribution is 7.80. The first-order chi connectivity index (χ1) is 5.25. The molecule has 0 amide bonds. The quantitative estimate of drug-likeness (QED) is 0.588. The van der Waals surface area contributed by atoms with Crippen molar-refractivity contribution in [2.75, 3.05) is 5.75 Å². The molecule has 0 aromatic carbocycles. The van der Waals surface area contributed by atoms with Gasteiger partial charge in [-0.05, 0) is 12.1 Å². The highest BCUT2D eigenvalue weighted by Gasteiger charge is 2.18. The summed E-state index contributed by atoms with van der Waals surface area (Å²) in [6, 6.07) is 3.26. The first-order valence-electron chi connectivity index (χ1n) is 3.26. The van der Waals surface area contributed by atoms with Gasteiger partial charge in [-0.15, -0.1) is 0 Å². The van der Waals surface area contributed by atoms with E-state index in [1.807, 2.05) is 0 Å². The predicted molar refractivity (Wildman–Crippen MR) is 43.5 cm³/mol. The van der Waals surface area contributed by atoms with E-state index in [9.17, 15) is 5.11 Å². The molecule has 62 valence electrons. The molecule has 0 fully saturated rings. The van der Waals surface area contributed by atoms with Crippen molar-refractivity contribution in [3.8, 4) is 0 Å². The SMILES string of the molecule is OC(CS)C(O)c1ccco1. The summed E-state index contributed by atoms with van der Waals surface area (Å²) in [6.45, 7) is 0. The second-order valence-electron chi connectivity index (χ2n) is 2.21. The molecule has 1 aromatic heterocycles. The molecule has 0 radical (unpaired) electrons. The molecular weight excluding hydrogens is 164 g/mol. The highest BCUT2D eigenvalue weighted by atomic mass is 32.1. The average molecular weight is 174 g/mol. The van der Waals surface area contributed by atoms with E-state index in [1.54, 1.807) is 12.1 Å². The van der Waals surface area contributed by atoms with Gasteiger partial charge in [-0.1, -0.05) is 0 Å². The summed E-state index contributed by atoms with van der Waals surface area (Å²) in [5, 5.41) is 18.4. The molecule has 11 heavy (non-hydrogen) atoms. The maximum atomic E-state index is 9.29. The molecule has 2 unspecified atom stereocenters. The Morgan fingerprint density at radius 2 is 2.27 bits per heavy atom. The Morgan fingerprint density at radius 1 is 1.55 bits per heavy atom. The van der Waals surface area contributed by atoms with Gasteiger partial charge < -0.3 is 14.6 Å². The van der Waals surface area contributed by atoms with Gasteiger partial charge in [0.1, 0.15) is 11.9 Å². The molecule has 1 heterocycles. The number of rotatable bonds is 3. The first kappa shape index (κ1) is 8.64. The number of hydrogen-bond acceptors (Lipinski definition) is 4. The molecule has 0 aliphatic heterocycles. The smallest absolute Gasteiger partial charge is 0.138 e. The van der Waals surface area contributed by atoms with Crippen LogP contribution in [0, 0.1) is 0 Å². The van der Waals surface area contributed by atoms with E-state index in [-0.39, 0.29) is 5.75 Å². The fourth-order valence-corrected chi connectivity index (χ4v) is 0.949. The lowest BCUT2D eigenvalue weighted by molar-refractivity contribution is 0.0199. The van der Waals surface area contributed by atoms with Crippen molar-refractivity contribution < 1.29 is 14.6 Å². The van der Waals surface area contributed by atoms with Crippen molar-refractivity contribution in [2.45, 2.75) is 12.2 Å². The van der Waals surface area contributed by atoms with Crippen LogP contribution in [0.15, 0.2) is 22.8 Å². The minimum absolute atomic E-state index is 0.210. The molecular formula is C7H10O3S. The monoisotopic (exact) mass is 174 g/mol. The standard InChI is InChI=1S/C7H10O3S/c8-5(4-11)7(9)6-2-1-3-10-6/h1-3,5,7-9,11H,4H2. The molecule has 0 saturated heterocycles. The Morgan fingerprint density at radius 3 is 2.73 bits per heavy atom. The number of thiol groups is 1. The van der Waals surface area contributed by atoms with Crippen LogP contribution in [0.2, 0.25) is 0 Å². The second kappa shape index (κ2) is 3.80. The van der Waals surface area contributed by atoms with Crippen LogP contribution in [-0.4, -0.2) is 22.1 Å². The highest BCUT2D eigenvalue weighted by Crippen LogP contribution is 2.17. The van der Waals surface area contributed by atoms with Gasteiger partial charge in [0, 0.05) is 5.75 Å². The summed E-state index contributed by atoms with van der Waals surface area (Å²) in [7, 11) is 0. The molecule has 2 N–H and O–H groups in total. The predicted octanol–water partition coefficient (Wildman–Crippen LogP) is 0.604. The zero-order valence-corrected chi connectivity index (χ0v) is 6.74. The van der Waals surface area contributed by atoms with Gasteiger partial charge in [0.05, 0.1) is 12.4 Å². The number of aliphatic hydroxyl groups is 2. The van der Waals surface area contributed by atoms with E-state index < -0.39 is 12.2 Å². The third-order valence-electron chi connectivity index (χ3n) is 1.39. The fraction of sp³-hybridized carbons (Fsp3) is 0.429. The van der Waals surface area contributed by atoms with Crippen molar-refractivity contribution >= 4 is 12.6 Å². The Labute approximate surface area is 70.1 Å². The van der Waals surface area contributed by atoms with E-state index in [4.69, 9.17) is 9.52 Å². The number of hydrogen-bond donors (Lipinski definition) is 3. The number of furan rings is 1. The van der Waals surface area contributed by atoms with Crippen LogP contribution in [0.4, 0.5) is 0 Å². The van der Waals surface area contributed by atoms with E-state index >= 15 is 0 Å². The van der Waals surface area contributed by atoms with Crippen molar-refractivity contribution in [2.24, 2.45) is 0 Å². The van der Waals surface area contributed by atoms with Crippen LogP contribution >= 0.6 is 12.6 Å². The van der Waals surface area contributed by atoms with Crippen LogP contribution < -0.4 is 0 Å². The van der Waals surface area contributed by atoms with Crippen LogP contribution in [0.3, 0.4) is 0 Å². The Bertz CT molecular complexity index is 197. The van der Waals surface area contributed by atoms with Crippen LogP contribution in [0.5, 0.6) is 0 Å². The van der Waals surface area contributed by atoms with Crippen molar-refractivity contribution in [3.05, 3.63) is 24.2 Å². The van der Waals surface area contributed by atoms with Gasteiger partial charge >= 0.3 is 0 Å². The zero-order chi connectivity index (χ0) is 8.27. The lowest BCUT2D eigenvalue weighted by Crippen LogP contribution is -2.19. The van der Waals surface area contributed by atoms with Gasteiger partial charge in [-0.25, -0.2) is 0 Å². The molecule has 0 spiro atoms. The Kier molecular flexibility index (Phi) is 2.99. The minimum atomic E-state index is -0.970. The second-order valence-corrected chi connectivity index (χ2v) is 2.58. The fourth-order valence-electron chi connectivity index (χ4n) is 0.749. The summed E-state index contributed by atoms with van der Waals surface area (Å²) in [5.74, 6) is 0.577. The lowest BCUT2D eigenvalue weighted by atomic mass is 10.2. The van der Waals surface area contributed by atoms with E-state index in [2.05, 4.69) is 12.6 Å². The lowest BCUT2D eigenvalue weighted by Gasteiger charge is -2.12. The maximum Gasteiger partial charge on any atom is 0.138 e. The minimum Gasteiger partial charge on any atom is -0.466 e. The van der Waals surface area contributed by atoms with Crippen LogP contribution in [0.25, 0.3) is 0 Å². The molecule has 1 rings (SSSR count). The molecule has 0 aliphatic rings. The zero-order valence-electron chi connectivity index (χ0n) is 5.84. The van der Waals surface area contributed by atoms with Crippen molar-refractivity contribution in [1.82, 2.24) is 0 Å². The molecule has 1 aromatic rings. The van der Waals surface area contributed by atoms with Crippen LogP contribution in [-0.2, 0) is 0 Å². The largest absolute Gasteiger partial charge is 0.466 e. The van der Waals surface area contributed by atoms with Gasteiger partial charge in [-0.3, -0.25) is 0 Å². The Balaban J connectivity index is 2.62. The van der Waals surface area contributed by atoms with Gasteiger partial charge in [-0.2, -0.15) is 12.6 Å². The van der Waals surface area contributed by atoms with Gasteiger partial charge in [0.15, 0.2) is 0 Å². The topological polar surface area (TPSA) is 53.6 Å². The van der Waals surface area contributed by atoms with E-state index in [0.29, 0.717) is 5.76 Å². The van der Waals surface area contributed by atoms with Crippen LogP contribution in [0.1, 0.15) is 11.9 Å². The summed E-state index contributed by atoms with van der Waals surface area (Å²) in [4.78, 5) is 0. The van der Waals surface area contributed by atoms with Crippen molar-refractivity contribution in [1.29, 1.82) is 0 Å². The molecule has 4 heteroatoms. The van der Waals surface area contributed by atoms with Crippen molar-refractivity contribution in [3.63, 3.8) is 0 Å². The van der Waals surface area contributed by atoms with Gasteiger partial charge in [0.2, 0.25) is 0 Å². The van der Waals surface area contributed by atoms with Gasteiger partial charge in [0.25, 0.3) is 0 Å². The number of aliphatic hydroxyl groups excluding tert-OH is 2. The summed E-state index contributed by atoms with van der Waals surface area (Å²) < 4.78 is 4.87. The molecule has 2 atom stereocenters. The summed E-state index contributed by atoms with van der Waals surface area (Å²) in [6.07, 6.45) is -0.393. The third-order valence-corrected chi connectivity index (χ3v) is 1.76. The first-order valence-corrected chi connectivity index (χ1v) is 3.89. The normalized spacial score (nSPS) is 16.3. The molecule has 0 bridgehead atoms. The summed E-state index contributed by atoms with van der Waals surface area (Å²) in [5.41, 5.74) is 0. The summed E-state index contributed by atoms with van der Waals surface area (Å²) >= 11 is 3.83. The van der Waals surface area contributed by atoms with E-state index in [0.717, 1.165) is 0 Å². The molecule has 3 nitrogen and oxygen atoms in total. The van der Waals surface area contributed by atoms with E-state index in [1.165, 1.54) is 6.26 Å². The Hall–Kier alpha value is -0.450. The third kappa shape index (κ3) is 1.99. The molecule has 0 aliphatic carbocycles. The molecule has 0 saturated carbocycles.